The van der Waals surface area contributed by atoms with E-state index in [-0.39, 0.29) is 12.2 Å². The molecule has 2 atom stereocenters. The fourth-order valence-corrected chi connectivity index (χ4v) is 2.15. The minimum atomic E-state index is 0.0442. The first-order valence-electron chi connectivity index (χ1n) is 6.07. The van der Waals surface area contributed by atoms with Crippen molar-refractivity contribution in [3.05, 3.63) is 70.8 Å². The first-order valence-corrected chi connectivity index (χ1v) is 6.07. The molecule has 0 amide bonds. The lowest BCUT2D eigenvalue weighted by atomic mass is 10.0. The Morgan fingerprint density at radius 3 is 1.37 bits per heavy atom. The largest absolute Gasteiger partial charge is 0.359 e. The molecule has 0 unspecified atom stereocenters. The zero-order valence-electron chi connectivity index (χ0n) is 10.2. The van der Waals surface area contributed by atoms with Crippen molar-refractivity contribution in [2.24, 2.45) is 0 Å². The predicted octanol–water partition coefficient (Wildman–Crippen LogP) is 3.12. The van der Waals surface area contributed by atoms with Crippen LogP contribution < -0.4 is 0 Å². The summed E-state index contributed by atoms with van der Waals surface area (Å²) in [5.41, 5.74) is 3.46. The van der Waals surface area contributed by atoms with Crippen LogP contribution in [0.1, 0.15) is 44.1 Å². The van der Waals surface area contributed by atoms with E-state index >= 15 is 0 Å². The fraction of sp³-hybridized carbons (Fsp3) is 0.125. The Hall–Kier alpha value is -2.26. The highest BCUT2D eigenvalue weighted by Gasteiger charge is 2.41. The summed E-state index contributed by atoms with van der Waals surface area (Å²) in [4.78, 5) is 21.2. The van der Waals surface area contributed by atoms with Gasteiger partial charge in [-0.15, -0.1) is 0 Å². The van der Waals surface area contributed by atoms with Crippen molar-refractivity contribution in [1.29, 1.82) is 0 Å². The summed E-state index contributed by atoms with van der Waals surface area (Å²) in [7, 11) is 0. The predicted molar refractivity (Wildman–Crippen MR) is 70.2 cm³/mol. The Bertz CT molecular complexity index is 543. The summed E-state index contributed by atoms with van der Waals surface area (Å²) >= 11 is 0. The molecule has 3 nitrogen and oxygen atoms in total. The zero-order chi connectivity index (χ0) is 13.2. The lowest BCUT2D eigenvalue weighted by Gasteiger charge is -1.98. The minimum absolute atomic E-state index is 0.0442. The van der Waals surface area contributed by atoms with Gasteiger partial charge in [-0.25, -0.2) is 0 Å². The average Bonchev–Trinajstić information content (AvgIpc) is 3.28. The maximum absolute atomic E-state index is 10.6. The number of carbonyl (C=O) groups excluding carboxylic acids is 2. The van der Waals surface area contributed by atoms with Gasteiger partial charge < -0.3 is 4.74 Å². The number of rotatable bonds is 4. The molecule has 0 aliphatic carbocycles. The highest BCUT2D eigenvalue weighted by Crippen LogP contribution is 2.50. The van der Waals surface area contributed by atoms with Gasteiger partial charge in [0.1, 0.15) is 24.8 Å². The molecule has 0 saturated carbocycles. The lowest BCUT2D eigenvalue weighted by molar-refractivity contribution is 0.111. The van der Waals surface area contributed by atoms with E-state index in [1.54, 1.807) is 24.3 Å². The van der Waals surface area contributed by atoms with Gasteiger partial charge in [-0.05, 0) is 11.1 Å². The van der Waals surface area contributed by atoms with E-state index in [2.05, 4.69) is 0 Å². The Morgan fingerprint density at radius 1 is 0.684 bits per heavy atom. The van der Waals surface area contributed by atoms with Gasteiger partial charge in [-0.3, -0.25) is 9.59 Å². The van der Waals surface area contributed by atoms with E-state index in [0.29, 0.717) is 11.1 Å². The molecule has 0 spiro atoms. The standard InChI is InChI=1S/C16H12O3/c17-9-11-1-5-13(6-2-11)15-16(19-15)14-7-3-12(10-18)4-8-14/h1-10,15-16H/t15-,16+. The number of hydrogen-bond donors (Lipinski definition) is 0. The first-order chi connectivity index (χ1) is 9.31. The van der Waals surface area contributed by atoms with Crippen molar-refractivity contribution in [2.75, 3.05) is 0 Å². The van der Waals surface area contributed by atoms with Crippen LogP contribution in [0.5, 0.6) is 0 Å². The quantitative estimate of drug-likeness (QED) is 0.620. The highest BCUT2D eigenvalue weighted by atomic mass is 16.6. The van der Waals surface area contributed by atoms with E-state index < -0.39 is 0 Å². The van der Waals surface area contributed by atoms with Crippen LogP contribution in [-0.4, -0.2) is 12.6 Å². The topological polar surface area (TPSA) is 46.7 Å². The molecular formula is C16H12O3. The Balaban J connectivity index is 1.75. The molecule has 94 valence electrons. The second kappa shape index (κ2) is 4.78. The number of hydrogen-bond acceptors (Lipinski definition) is 3. The van der Waals surface area contributed by atoms with Gasteiger partial charge in [0.25, 0.3) is 0 Å². The molecule has 1 fully saturated rings. The lowest BCUT2D eigenvalue weighted by Crippen LogP contribution is -1.87. The number of epoxide rings is 1. The van der Waals surface area contributed by atoms with E-state index in [1.165, 1.54) is 0 Å². The van der Waals surface area contributed by atoms with Gasteiger partial charge in [-0.2, -0.15) is 0 Å². The highest BCUT2D eigenvalue weighted by molar-refractivity contribution is 5.75. The number of aldehydes is 2. The molecule has 1 aliphatic heterocycles. The Kier molecular flexibility index (Phi) is 2.97. The van der Waals surface area contributed by atoms with E-state index in [1.807, 2.05) is 24.3 Å². The van der Waals surface area contributed by atoms with Crippen LogP contribution in [0.2, 0.25) is 0 Å². The molecule has 0 radical (unpaired) electrons. The van der Waals surface area contributed by atoms with Crippen LogP contribution in [0, 0.1) is 0 Å². The maximum Gasteiger partial charge on any atom is 0.150 e. The molecule has 1 heterocycles. The van der Waals surface area contributed by atoms with Gasteiger partial charge >= 0.3 is 0 Å². The Labute approximate surface area is 110 Å². The summed E-state index contributed by atoms with van der Waals surface area (Å²) in [5, 5.41) is 0. The average molecular weight is 252 g/mol. The van der Waals surface area contributed by atoms with Crippen molar-refractivity contribution in [3.8, 4) is 0 Å². The summed E-state index contributed by atoms with van der Waals surface area (Å²) in [6.45, 7) is 0. The number of carbonyl (C=O) groups is 2. The molecule has 0 aromatic heterocycles. The van der Waals surface area contributed by atoms with Crippen molar-refractivity contribution in [2.45, 2.75) is 12.2 Å². The van der Waals surface area contributed by atoms with Gasteiger partial charge in [0.15, 0.2) is 0 Å². The normalized spacial score (nSPS) is 20.8. The summed E-state index contributed by atoms with van der Waals surface area (Å²) in [6, 6.07) is 14.8. The third-order valence-corrected chi connectivity index (χ3v) is 3.29. The van der Waals surface area contributed by atoms with Crippen LogP contribution in [-0.2, 0) is 4.74 Å². The molecule has 0 N–H and O–H groups in total. The molecule has 1 saturated heterocycles. The van der Waals surface area contributed by atoms with Gasteiger partial charge in [-0.1, -0.05) is 48.5 Å². The van der Waals surface area contributed by atoms with Crippen LogP contribution >= 0.6 is 0 Å². The van der Waals surface area contributed by atoms with Crippen LogP contribution in [0.15, 0.2) is 48.5 Å². The van der Waals surface area contributed by atoms with E-state index in [9.17, 15) is 9.59 Å². The SMILES string of the molecule is O=Cc1ccc([C@H]2O[C@H]2c2ccc(C=O)cc2)cc1. The number of benzene rings is 2. The fourth-order valence-electron chi connectivity index (χ4n) is 2.15. The van der Waals surface area contributed by atoms with Gasteiger partial charge in [0.05, 0.1) is 0 Å². The van der Waals surface area contributed by atoms with Gasteiger partial charge in [0, 0.05) is 11.1 Å². The first kappa shape index (κ1) is 11.8. The van der Waals surface area contributed by atoms with E-state index in [0.717, 1.165) is 23.7 Å². The molecule has 1 aliphatic rings. The maximum atomic E-state index is 10.6. The second-order valence-corrected chi connectivity index (χ2v) is 4.55. The Morgan fingerprint density at radius 2 is 1.05 bits per heavy atom. The zero-order valence-corrected chi connectivity index (χ0v) is 10.2. The molecular weight excluding hydrogens is 240 g/mol. The molecule has 3 rings (SSSR count). The van der Waals surface area contributed by atoms with Crippen molar-refractivity contribution < 1.29 is 14.3 Å². The molecule has 19 heavy (non-hydrogen) atoms. The van der Waals surface area contributed by atoms with Crippen LogP contribution in [0.25, 0.3) is 0 Å². The van der Waals surface area contributed by atoms with Crippen molar-refractivity contribution in [3.63, 3.8) is 0 Å². The molecule has 2 aromatic carbocycles. The van der Waals surface area contributed by atoms with Crippen LogP contribution in [0.3, 0.4) is 0 Å². The smallest absolute Gasteiger partial charge is 0.150 e. The second-order valence-electron chi connectivity index (χ2n) is 4.55. The third kappa shape index (κ3) is 2.33. The molecule has 2 aromatic rings. The number of ether oxygens (including phenoxy) is 1. The van der Waals surface area contributed by atoms with Crippen molar-refractivity contribution in [1.82, 2.24) is 0 Å². The third-order valence-electron chi connectivity index (χ3n) is 3.29. The summed E-state index contributed by atoms with van der Waals surface area (Å²) in [6.07, 6.45) is 1.74. The minimum Gasteiger partial charge on any atom is -0.359 e. The van der Waals surface area contributed by atoms with Crippen molar-refractivity contribution >= 4 is 12.6 Å². The van der Waals surface area contributed by atoms with Gasteiger partial charge in [0.2, 0.25) is 0 Å². The molecule has 0 bridgehead atoms. The van der Waals surface area contributed by atoms with E-state index in [4.69, 9.17) is 4.74 Å². The summed E-state index contributed by atoms with van der Waals surface area (Å²) in [5.74, 6) is 0. The summed E-state index contributed by atoms with van der Waals surface area (Å²) < 4.78 is 5.66. The monoisotopic (exact) mass is 252 g/mol. The van der Waals surface area contributed by atoms with Crippen LogP contribution in [0.4, 0.5) is 0 Å². The molecule has 3 heteroatoms.